The molecule has 7 heteroatoms. The Balaban J connectivity index is 1.89. The first kappa shape index (κ1) is 16.0. The standard InChI is InChI=1S/C15H17NO6/c1-20-14(18)10-5-2-3-6-11(10)16-13(17)9-22-15(19)12-7-4-8-21-12/h2-3,5-6,12H,4,7-9H2,1H3,(H,16,17)/t12-/m1/s1. The number of methoxy groups -OCH3 is 1. The number of amides is 1. The van der Waals surface area contributed by atoms with E-state index in [0.29, 0.717) is 18.7 Å². The van der Waals surface area contributed by atoms with Gasteiger partial charge in [-0.3, -0.25) is 4.79 Å². The SMILES string of the molecule is COC(=O)c1ccccc1NC(=O)COC(=O)[C@H]1CCCO1. The summed E-state index contributed by atoms with van der Waals surface area (Å²) in [5, 5.41) is 2.51. The Hall–Kier alpha value is -2.41. The van der Waals surface area contributed by atoms with Crippen LogP contribution in [0.1, 0.15) is 23.2 Å². The number of nitrogens with one attached hydrogen (secondary N) is 1. The molecule has 1 heterocycles. The number of hydrogen-bond donors (Lipinski definition) is 1. The van der Waals surface area contributed by atoms with Crippen molar-refractivity contribution in [3.63, 3.8) is 0 Å². The second kappa shape index (κ2) is 7.56. The minimum atomic E-state index is -0.588. The van der Waals surface area contributed by atoms with Crippen molar-refractivity contribution >= 4 is 23.5 Å². The van der Waals surface area contributed by atoms with Gasteiger partial charge in [0.2, 0.25) is 0 Å². The summed E-state index contributed by atoms with van der Waals surface area (Å²) in [4.78, 5) is 35.0. The number of carbonyl (C=O) groups is 3. The predicted molar refractivity (Wildman–Crippen MR) is 76.3 cm³/mol. The number of para-hydroxylation sites is 1. The molecule has 0 radical (unpaired) electrons. The predicted octanol–water partition coefficient (Wildman–Crippen LogP) is 1.13. The van der Waals surface area contributed by atoms with E-state index in [1.807, 2.05) is 0 Å². The topological polar surface area (TPSA) is 90.9 Å². The van der Waals surface area contributed by atoms with Gasteiger partial charge in [0.15, 0.2) is 12.7 Å². The van der Waals surface area contributed by atoms with Crippen molar-refractivity contribution in [2.45, 2.75) is 18.9 Å². The molecule has 0 saturated carbocycles. The van der Waals surface area contributed by atoms with Gasteiger partial charge in [-0.2, -0.15) is 0 Å². The van der Waals surface area contributed by atoms with Crippen molar-refractivity contribution in [2.24, 2.45) is 0 Å². The van der Waals surface area contributed by atoms with Gasteiger partial charge in [0, 0.05) is 6.61 Å². The molecule has 1 fully saturated rings. The number of rotatable bonds is 5. The Bertz CT molecular complexity index is 565. The maximum absolute atomic E-state index is 11.8. The van der Waals surface area contributed by atoms with Crippen molar-refractivity contribution in [1.82, 2.24) is 0 Å². The van der Waals surface area contributed by atoms with Crippen LogP contribution in [0, 0.1) is 0 Å². The minimum absolute atomic E-state index is 0.226. The first-order valence-electron chi connectivity index (χ1n) is 6.87. The van der Waals surface area contributed by atoms with Crippen LogP contribution in [0.4, 0.5) is 5.69 Å². The summed E-state index contributed by atoms with van der Waals surface area (Å²) in [6, 6.07) is 6.41. The second-order valence-electron chi connectivity index (χ2n) is 4.69. The second-order valence-corrected chi connectivity index (χ2v) is 4.69. The van der Waals surface area contributed by atoms with Crippen LogP contribution in [0.15, 0.2) is 24.3 Å². The molecule has 0 aliphatic carbocycles. The van der Waals surface area contributed by atoms with E-state index in [1.54, 1.807) is 18.2 Å². The molecule has 0 spiro atoms. The van der Waals surface area contributed by atoms with Gasteiger partial charge in [0.1, 0.15) is 0 Å². The maximum atomic E-state index is 11.8. The molecule has 2 rings (SSSR count). The van der Waals surface area contributed by atoms with Crippen LogP contribution in [-0.2, 0) is 23.8 Å². The smallest absolute Gasteiger partial charge is 0.339 e. The van der Waals surface area contributed by atoms with Gasteiger partial charge >= 0.3 is 11.9 Å². The van der Waals surface area contributed by atoms with Crippen LogP contribution in [-0.4, -0.2) is 44.3 Å². The van der Waals surface area contributed by atoms with Crippen LogP contribution < -0.4 is 5.32 Å². The molecule has 1 aromatic rings. The highest BCUT2D eigenvalue weighted by molar-refractivity contribution is 6.01. The average molecular weight is 307 g/mol. The molecule has 1 aromatic carbocycles. The lowest BCUT2D eigenvalue weighted by Crippen LogP contribution is -2.27. The summed E-state index contributed by atoms with van der Waals surface area (Å²) in [5.41, 5.74) is 0.524. The molecule has 1 saturated heterocycles. The molecule has 0 unspecified atom stereocenters. The van der Waals surface area contributed by atoms with Crippen molar-refractivity contribution in [2.75, 3.05) is 25.6 Å². The van der Waals surface area contributed by atoms with E-state index in [9.17, 15) is 14.4 Å². The third-order valence-corrected chi connectivity index (χ3v) is 3.14. The lowest BCUT2D eigenvalue weighted by Gasteiger charge is -2.11. The molecular formula is C15H17NO6. The zero-order valence-electron chi connectivity index (χ0n) is 12.2. The number of esters is 2. The fourth-order valence-electron chi connectivity index (χ4n) is 2.06. The molecule has 22 heavy (non-hydrogen) atoms. The molecule has 1 aliphatic heterocycles. The Kier molecular flexibility index (Phi) is 5.48. The number of anilines is 1. The van der Waals surface area contributed by atoms with Crippen LogP contribution in [0.2, 0.25) is 0 Å². The zero-order chi connectivity index (χ0) is 15.9. The lowest BCUT2D eigenvalue weighted by atomic mass is 10.2. The highest BCUT2D eigenvalue weighted by atomic mass is 16.6. The van der Waals surface area contributed by atoms with Gasteiger partial charge < -0.3 is 19.5 Å². The van der Waals surface area contributed by atoms with E-state index in [1.165, 1.54) is 13.2 Å². The van der Waals surface area contributed by atoms with Gasteiger partial charge in [-0.05, 0) is 25.0 Å². The first-order valence-corrected chi connectivity index (χ1v) is 6.87. The Morgan fingerprint density at radius 3 is 2.77 bits per heavy atom. The van der Waals surface area contributed by atoms with Crippen LogP contribution in [0.5, 0.6) is 0 Å². The van der Waals surface area contributed by atoms with Crippen molar-refractivity contribution in [3.05, 3.63) is 29.8 Å². The average Bonchev–Trinajstić information content (AvgIpc) is 3.07. The third-order valence-electron chi connectivity index (χ3n) is 3.14. The highest BCUT2D eigenvalue weighted by Crippen LogP contribution is 2.16. The maximum Gasteiger partial charge on any atom is 0.339 e. The fourth-order valence-corrected chi connectivity index (χ4v) is 2.06. The Labute approximate surface area is 127 Å². The van der Waals surface area contributed by atoms with Gasteiger partial charge in [-0.1, -0.05) is 12.1 Å². The summed E-state index contributed by atoms with van der Waals surface area (Å²) in [6.45, 7) is 0.0899. The normalized spacial score (nSPS) is 16.9. The van der Waals surface area contributed by atoms with Crippen molar-refractivity contribution < 1.29 is 28.6 Å². The number of ether oxygens (including phenoxy) is 3. The quantitative estimate of drug-likeness (QED) is 0.820. The summed E-state index contributed by atoms with van der Waals surface area (Å²) in [7, 11) is 1.25. The van der Waals surface area contributed by atoms with E-state index < -0.39 is 30.6 Å². The van der Waals surface area contributed by atoms with Crippen molar-refractivity contribution in [3.8, 4) is 0 Å². The van der Waals surface area contributed by atoms with Crippen LogP contribution >= 0.6 is 0 Å². The Morgan fingerprint density at radius 1 is 1.32 bits per heavy atom. The number of benzene rings is 1. The van der Waals surface area contributed by atoms with E-state index in [4.69, 9.17) is 9.47 Å². The van der Waals surface area contributed by atoms with E-state index >= 15 is 0 Å². The largest absolute Gasteiger partial charge is 0.465 e. The lowest BCUT2D eigenvalue weighted by molar-refractivity contribution is -0.156. The van der Waals surface area contributed by atoms with Gasteiger partial charge in [-0.25, -0.2) is 9.59 Å². The molecule has 0 bridgehead atoms. The molecule has 118 valence electrons. The Morgan fingerprint density at radius 2 is 2.09 bits per heavy atom. The van der Waals surface area contributed by atoms with E-state index in [2.05, 4.69) is 10.1 Å². The highest BCUT2D eigenvalue weighted by Gasteiger charge is 2.25. The summed E-state index contributed by atoms with van der Waals surface area (Å²) < 4.78 is 14.7. The monoisotopic (exact) mass is 307 g/mol. The fraction of sp³-hybridized carbons (Fsp3) is 0.400. The van der Waals surface area contributed by atoms with Crippen LogP contribution in [0.25, 0.3) is 0 Å². The van der Waals surface area contributed by atoms with E-state index in [0.717, 1.165) is 6.42 Å². The molecule has 0 aromatic heterocycles. The van der Waals surface area contributed by atoms with Crippen LogP contribution in [0.3, 0.4) is 0 Å². The molecule has 1 atom stereocenters. The molecule has 7 nitrogen and oxygen atoms in total. The van der Waals surface area contributed by atoms with Gasteiger partial charge in [0.25, 0.3) is 5.91 Å². The number of hydrogen-bond acceptors (Lipinski definition) is 6. The minimum Gasteiger partial charge on any atom is -0.465 e. The summed E-state index contributed by atoms with van der Waals surface area (Å²) >= 11 is 0. The summed E-state index contributed by atoms with van der Waals surface area (Å²) in [5.74, 6) is -1.65. The molecule has 1 aliphatic rings. The van der Waals surface area contributed by atoms with Gasteiger partial charge in [0.05, 0.1) is 18.4 Å². The van der Waals surface area contributed by atoms with Gasteiger partial charge in [-0.15, -0.1) is 0 Å². The van der Waals surface area contributed by atoms with Crippen molar-refractivity contribution in [1.29, 1.82) is 0 Å². The molecule has 1 amide bonds. The van der Waals surface area contributed by atoms with E-state index in [-0.39, 0.29) is 5.56 Å². The number of carbonyl (C=O) groups excluding carboxylic acids is 3. The zero-order valence-corrected chi connectivity index (χ0v) is 12.2. The molecular weight excluding hydrogens is 290 g/mol. The first-order chi connectivity index (χ1) is 10.6. The third kappa shape index (κ3) is 4.05. The molecule has 1 N–H and O–H groups in total. The summed E-state index contributed by atoms with van der Waals surface area (Å²) in [6.07, 6.45) is 0.819.